The summed E-state index contributed by atoms with van der Waals surface area (Å²) >= 11 is 0. The molecule has 2 aliphatic carbocycles. The monoisotopic (exact) mass is 546 g/mol. The molecule has 3 aromatic heterocycles. The molecule has 208 valence electrons. The standard InChI is InChI=1S/C33H34N6O2/c1-41-29-15-23(33(40)38-19-24-11-22-14-27(38)30(22)24)12-25-31(29)39-18-20-16-34-36(17-20)9-5-2-6-10-37-26-8-4-3-7-21(26)13-28(37)32(39)35-25/h3-4,7-8,12-13,15-17,22,24,27,30H,2,5-6,9-11,14,18-19H2,1H3/t22?,24?,27?,30-/m1/s1. The minimum absolute atomic E-state index is 0.122. The van der Waals surface area contributed by atoms with Gasteiger partial charge in [0.2, 0.25) is 0 Å². The number of amides is 1. The molecular formula is C33H34N6O2. The van der Waals surface area contributed by atoms with Crippen molar-refractivity contribution in [1.82, 2.24) is 28.8 Å². The van der Waals surface area contributed by atoms with Crippen molar-refractivity contribution in [2.24, 2.45) is 17.8 Å². The molecule has 1 saturated heterocycles. The van der Waals surface area contributed by atoms with E-state index in [2.05, 4.69) is 60.3 Å². The maximum Gasteiger partial charge on any atom is 0.254 e. The molecule has 3 fully saturated rings. The van der Waals surface area contributed by atoms with Crippen LogP contribution in [0.4, 0.5) is 0 Å². The summed E-state index contributed by atoms with van der Waals surface area (Å²) in [5.74, 6) is 4.01. The number of nitrogens with zero attached hydrogens (tertiary/aromatic N) is 6. The van der Waals surface area contributed by atoms with E-state index in [-0.39, 0.29) is 5.91 Å². The van der Waals surface area contributed by atoms with Crippen LogP contribution in [-0.2, 0) is 19.6 Å². The molecule has 1 amide bonds. The van der Waals surface area contributed by atoms with E-state index in [1.54, 1.807) is 7.11 Å². The normalized spacial score (nSPS) is 24.9. The fourth-order valence-corrected chi connectivity index (χ4v) is 8.37. The van der Waals surface area contributed by atoms with Gasteiger partial charge in [-0.1, -0.05) is 18.2 Å². The van der Waals surface area contributed by atoms with Crippen LogP contribution in [0.3, 0.4) is 0 Å². The van der Waals surface area contributed by atoms with Gasteiger partial charge in [-0.3, -0.25) is 9.48 Å². The number of methoxy groups -OCH3 is 1. The van der Waals surface area contributed by atoms with Crippen LogP contribution in [0, 0.1) is 17.8 Å². The van der Waals surface area contributed by atoms with Gasteiger partial charge < -0.3 is 18.8 Å². The molecule has 0 radical (unpaired) electrons. The number of likely N-dealkylation sites (tertiary alicyclic amines) is 1. The summed E-state index contributed by atoms with van der Waals surface area (Å²) in [5.41, 5.74) is 5.85. The quantitative estimate of drug-likeness (QED) is 0.290. The Morgan fingerprint density at radius 3 is 2.78 bits per heavy atom. The first kappa shape index (κ1) is 23.6. The van der Waals surface area contributed by atoms with Gasteiger partial charge in [0.05, 0.1) is 31.1 Å². The Kier molecular flexibility index (Phi) is 5.02. The van der Waals surface area contributed by atoms with Gasteiger partial charge in [-0.25, -0.2) is 4.98 Å². The Labute approximate surface area is 238 Å². The topological polar surface area (TPSA) is 70.1 Å². The van der Waals surface area contributed by atoms with Crippen molar-refractivity contribution in [2.75, 3.05) is 13.7 Å². The van der Waals surface area contributed by atoms with Gasteiger partial charge in [-0.2, -0.15) is 5.10 Å². The molecule has 8 nitrogen and oxygen atoms in total. The first-order valence-electron chi connectivity index (χ1n) is 15.2. The molecule has 5 heterocycles. The Bertz CT molecular complexity index is 1850. The van der Waals surface area contributed by atoms with Gasteiger partial charge in [-0.15, -0.1) is 0 Å². The Morgan fingerprint density at radius 1 is 1.00 bits per heavy atom. The van der Waals surface area contributed by atoms with Crippen LogP contribution in [0.5, 0.6) is 5.75 Å². The lowest BCUT2D eigenvalue weighted by Crippen LogP contribution is -2.53. The molecular weight excluding hydrogens is 512 g/mol. The SMILES string of the molecule is COc1cc(C(=O)N2CC3CC4CC2[C@H]43)cc2nc3n(c12)Cc1cnn(c1)CCCCCn1c-3cc2ccccc21. The van der Waals surface area contributed by atoms with Crippen molar-refractivity contribution in [2.45, 2.75) is 57.8 Å². The number of ether oxygens (including phenoxy) is 1. The third kappa shape index (κ3) is 3.42. The predicted octanol–water partition coefficient (Wildman–Crippen LogP) is 5.58. The third-order valence-electron chi connectivity index (χ3n) is 10.4. The predicted molar refractivity (Wildman–Crippen MR) is 157 cm³/mol. The van der Waals surface area contributed by atoms with E-state index >= 15 is 0 Å². The van der Waals surface area contributed by atoms with Crippen LogP contribution in [0.1, 0.15) is 48.0 Å². The van der Waals surface area contributed by atoms with E-state index in [1.165, 1.54) is 23.7 Å². The van der Waals surface area contributed by atoms with Crippen LogP contribution in [-0.4, -0.2) is 54.4 Å². The van der Waals surface area contributed by atoms with Crippen molar-refractivity contribution in [3.8, 4) is 17.3 Å². The molecule has 2 aliphatic heterocycles. The minimum atomic E-state index is 0.122. The van der Waals surface area contributed by atoms with Crippen LogP contribution >= 0.6 is 0 Å². The smallest absolute Gasteiger partial charge is 0.254 e. The summed E-state index contributed by atoms with van der Waals surface area (Å²) in [7, 11) is 1.70. The molecule has 41 heavy (non-hydrogen) atoms. The lowest BCUT2D eigenvalue weighted by Gasteiger charge is -2.52. The van der Waals surface area contributed by atoms with E-state index < -0.39 is 0 Å². The largest absolute Gasteiger partial charge is 0.494 e. The molecule has 3 unspecified atom stereocenters. The molecule has 0 N–H and O–H groups in total. The summed E-state index contributed by atoms with van der Waals surface area (Å²) in [6.45, 7) is 3.37. The number of imidazole rings is 1. The van der Waals surface area contributed by atoms with Gasteiger partial charge in [0.25, 0.3) is 5.91 Å². The Balaban J connectivity index is 1.23. The number of rotatable bonds is 2. The van der Waals surface area contributed by atoms with E-state index in [9.17, 15) is 4.79 Å². The number of benzene rings is 2. The van der Waals surface area contributed by atoms with Gasteiger partial charge >= 0.3 is 0 Å². The first-order valence-corrected chi connectivity index (χ1v) is 15.2. The summed E-state index contributed by atoms with van der Waals surface area (Å²) in [5, 5.41) is 5.86. The van der Waals surface area contributed by atoms with Crippen molar-refractivity contribution < 1.29 is 9.53 Å². The van der Waals surface area contributed by atoms with E-state index in [0.717, 1.165) is 78.8 Å². The highest BCUT2D eigenvalue weighted by molar-refractivity contribution is 6.00. The van der Waals surface area contributed by atoms with Crippen LogP contribution in [0.15, 0.2) is 54.9 Å². The number of aryl methyl sites for hydroxylation is 2. The molecule has 4 atom stereocenters. The lowest BCUT2D eigenvalue weighted by atomic mass is 9.53. The van der Waals surface area contributed by atoms with Crippen LogP contribution in [0.2, 0.25) is 0 Å². The van der Waals surface area contributed by atoms with Crippen LogP contribution in [0.25, 0.3) is 33.5 Å². The van der Waals surface area contributed by atoms with Gasteiger partial charge in [0.1, 0.15) is 11.3 Å². The maximum absolute atomic E-state index is 13.9. The second kappa shape index (κ2) is 8.71. The second-order valence-corrected chi connectivity index (χ2v) is 12.6. The Morgan fingerprint density at radius 2 is 1.90 bits per heavy atom. The van der Waals surface area contributed by atoms with Gasteiger partial charge in [0, 0.05) is 53.9 Å². The van der Waals surface area contributed by atoms with Crippen molar-refractivity contribution in [1.29, 1.82) is 0 Å². The zero-order chi connectivity index (χ0) is 27.2. The third-order valence-corrected chi connectivity index (χ3v) is 10.4. The summed E-state index contributed by atoms with van der Waals surface area (Å²) in [6.07, 6.45) is 9.91. The minimum Gasteiger partial charge on any atom is -0.494 e. The average molecular weight is 547 g/mol. The molecule has 9 rings (SSSR count). The van der Waals surface area contributed by atoms with E-state index in [1.807, 2.05) is 18.3 Å². The maximum atomic E-state index is 13.9. The van der Waals surface area contributed by atoms with Crippen molar-refractivity contribution >= 4 is 27.8 Å². The van der Waals surface area contributed by atoms with Crippen LogP contribution < -0.4 is 4.74 Å². The van der Waals surface area contributed by atoms with Crippen molar-refractivity contribution in [3.63, 3.8) is 0 Å². The zero-order valence-corrected chi connectivity index (χ0v) is 23.4. The average Bonchev–Trinajstić information content (AvgIpc) is 3.68. The molecule has 4 aliphatic rings. The molecule has 8 heteroatoms. The zero-order valence-electron chi connectivity index (χ0n) is 23.4. The molecule has 2 bridgehead atoms. The number of carbonyl (C=O) groups is 1. The fourth-order valence-electron chi connectivity index (χ4n) is 8.37. The van der Waals surface area contributed by atoms with E-state index in [4.69, 9.17) is 9.72 Å². The number of para-hydroxylation sites is 1. The van der Waals surface area contributed by atoms with Gasteiger partial charge in [-0.05, 0) is 74.1 Å². The molecule has 2 saturated carbocycles. The fraction of sp³-hybridized carbons (Fsp3) is 0.424. The highest BCUT2D eigenvalue weighted by Gasteiger charge is 2.61. The number of aromatic nitrogens is 5. The van der Waals surface area contributed by atoms with E-state index in [0.29, 0.717) is 29.8 Å². The van der Waals surface area contributed by atoms with Crippen molar-refractivity contribution in [3.05, 3.63) is 66.0 Å². The second-order valence-electron chi connectivity index (χ2n) is 12.6. The van der Waals surface area contributed by atoms with Gasteiger partial charge in [0.15, 0.2) is 5.82 Å². The molecule has 5 aromatic rings. The summed E-state index contributed by atoms with van der Waals surface area (Å²) in [6, 6.07) is 15.2. The summed E-state index contributed by atoms with van der Waals surface area (Å²) in [4.78, 5) is 21.3. The first-order chi connectivity index (χ1) is 20.2. The Hall–Kier alpha value is -4.07. The lowest BCUT2D eigenvalue weighted by molar-refractivity contribution is -0.0204. The highest BCUT2D eigenvalue weighted by Crippen LogP contribution is 2.60. The highest BCUT2D eigenvalue weighted by atomic mass is 16.5. The number of carbonyl (C=O) groups excluding carboxylic acids is 1. The molecule has 2 aromatic carbocycles. The molecule has 0 spiro atoms. The summed E-state index contributed by atoms with van der Waals surface area (Å²) < 4.78 is 12.8. The number of hydrogen-bond acceptors (Lipinski definition) is 4. The number of hydrogen-bond donors (Lipinski definition) is 0. The number of fused-ring (bicyclic) bond motifs is 9.